The van der Waals surface area contributed by atoms with Crippen molar-refractivity contribution in [3.63, 3.8) is 0 Å². The molecule has 0 nitrogen and oxygen atoms in total. The van der Waals surface area contributed by atoms with Gasteiger partial charge in [-0.3, -0.25) is 0 Å². The summed E-state index contributed by atoms with van der Waals surface area (Å²) in [5, 5.41) is 2.53. The molecule has 0 saturated carbocycles. The van der Waals surface area contributed by atoms with Crippen LogP contribution in [0, 0.1) is 6.07 Å². The largest absolute Gasteiger partial charge is 0.0622 e. The summed E-state index contributed by atoms with van der Waals surface area (Å²) in [7, 11) is 0. The summed E-state index contributed by atoms with van der Waals surface area (Å²) in [6.45, 7) is 0. The third-order valence-corrected chi connectivity index (χ3v) is 5.16. The second kappa shape index (κ2) is 7.17. The highest BCUT2D eigenvalue weighted by atomic mass is 14.1. The molecule has 5 aromatic carbocycles. The lowest BCUT2D eigenvalue weighted by atomic mass is 9.92. The number of fused-ring (bicyclic) bond motifs is 1. The fourth-order valence-corrected chi connectivity index (χ4v) is 3.70. The summed E-state index contributed by atoms with van der Waals surface area (Å²) in [4.78, 5) is 0. The molecule has 0 aliphatic carbocycles. The molecule has 0 saturated heterocycles. The molecule has 28 heavy (non-hydrogen) atoms. The van der Waals surface area contributed by atoms with Gasteiger partial charge in [0.2, 0.25) is 0 Å². The monoisotopic (exact) mass is 355 g/mol. The molecule has 5 aromatic rings. The van der Waals surface area contributed by atoms with Crippen molar-refractivity contribution >= 4 is 10.8 Å². The first kappa shape index (κ1) is 16.5. The van der Waals surface area contributed by atoms with Gasteiger partial charge >= 0.3 is 0 Å². The number of benzene rings is 5. The van der Waals surface area contributed by atoms with Gasteiger partial charge in [0, 0.05) is 0 Å². The maximum atomic E-state index is 3.20. The SMILES string of the molecule is [c]1cccc(-c2cc(-c3ccccc3)cc(-c3ccc4ccccc4c3)c2)c1. The van der Waals surface area contributed by atoms with Gasteiger partial charge in [-0.15, -0.1) is 0 Å². The van der Waals surface area contributed by atoms with Crippen LogP contribution < -0.4 is 0 Å². The molecule has 1 radical (unpaired) electrons. The molecule has 0 amide bonds. The van der Waals surface area contributed by atoms with E-state index in [0.717, 1.165) is 0 Å². The van der Waals surface area contributed by atoms with Crippen LogP contribution in [0.2, 0.25) is 0 Å². The molecule has 0 fully saturated rings. The highest BCUT2D eigenvalue weighted by Gasteiger charge is 2.08. The van der Waals surface area contributed by atoms with Gasteiger partial charge in [-0.05, 0) is 80.6 Å². The van der Waals surface area contributed by atoms with E-state index in [0.29, 0.717) is 0 Å². The minimum atomic E-state index is 1.18. The van der Waals surface area contributed by atoms with Crippen LogP contribution in [0.1, 0.15) is 0 Å². The van der Waals surface area contributed by atoms with Crippen molar-refractivity contribution in [2.45, 2.75) is 0 Å². The first-order valence-corrected chi connectivity index (χ1v) is 9.53. The first-order chi connectivity index (χ1) is 13.9. The van der Waals surface area contributed by atoms with Gasteiger partial charge in [0.15, 0.2) is 0 Å². The van der Waals surface area contributed by atoms with Crippen molar-refractivity contribution in [3.8, 4) is 33.4 Å². The van der Waals surface area contributed by atoms with Gasteiger partial charge in [-0.2, -0.15) is 0 Å². The molecule has 0 atom stereocenters. The van der Waals surface area contributed by atoms with E-state index in [-0.39, 0.29) is 0 Å². The molecule has 0 aliphatic heterocycles. The lowest BCUT2D eigenvalue weighted by Gasteiger charge is -2.12. The van der Waals surface area contributed by atoms with Crippen LogP contribution in [0.15, 0.2) is 115 Å². The van der Waals surface area contributed by atoms with Crippen LogP contribution >= 0.6 is 0 Å². The van der Waals surface area contributed by atoms with E-state index >= 15 is 0 Å². The van der Waals surface area contributed by atoms with Crippen molar-refractivity contribution in [2.24, 2.45) is 0 Å². The van der Waals surface area contributed by atoms with Crippen LogP contribution in [0.25, 0.3) is 44.2 Å². The summed E-state index contributed by atoms with van der Waals surface area (Å²) < 4.78 is 0. The molecule has 0 unspecified atom stereocenters. The van der Waals surface area contributed by atoms with Gasteiger partial charge in [0.25, 0.3) is 0 Å². The molecule has 131 valence electrons. The van der Waals surface area contributed by atoms with Crippen LogP contribution in [0.3, 0.4) is 0 Å². The van der Waals surface area contributed by atoms with E-state index in [1.54, 1.807) is 0 Å². The smallest absolute Gasteiger partial charge is 0.0171 e. The van der Waals surface area contributed by atoms with Crippen LogP contribution in [-0.2, 0) is 0 Å². The summed E-state index contributed by atoms with van der Waals surface area (Å²) in [6.07, 6.45) is 0. The highest BCUT2D eigenvalue weighted by Crippen LogP contribution is 2.33. The van der Waals surface area contributed by atoms with Crippen LogP contribution in [-0.4, -0.2) is 0 Å². The molecule has 0 aromatic heterocycles. The Morgan fingerprint density at radius 2 is 1.04 bits per heavy atom. The van der Waals surface area contributed by atoms with Gasteiger partial charge in [-0.1, -0.05) is 84.9 Å². The van der Waals surface area contributed by atoms with Crippen molar-refractivity contribution in [1.82, 2.24) is 0 Å². The molecule has 0 aliphatic rings. The topological polar surface area (TPSA) is 0 Å². The van der Waals surface area contributed by atoms with E-state index in [1.807, 2.05) is 18.2 Å². The van der Waals surface area contributed by atoms with Crippen molar-refractivity contribution in [2.75, 3.05) is 0 Å². The van der Waals surface area contributed by atoms with Gasteiger partial charge < -0.3 is 0 Å². The third kappa shape index (κ3) is 3.21. The Morgan fingerprint density at radius 3 is 1.79 bits per heavy atom. The number of hydrogen-bond acceptors (Lipinski definition) is 0. The zero-order valence-electron chi connectivity index (χ0n) is 15.5. The second-order valence-electron chi connectivity index (χ2n) is 7.02. The normalized spacial score (nSPS) is 10.9. The molecule has 0 bridgehead atoms. The second-order valence-corrected chi connectivity index (χ2v) is 7.02. The Morgan fingerprint density at radius 1 is 0.393 bits per heavy atom. The predicted molar refractivity (Wildman–Crippen MR) is 119 cm³/mol. The summed E-state index contributed by atoms with van der Waals surface area (Å²) in [6, 6.07) is 44.0. The standard InChI is InChI=1S/C28H19/c1-3-9-21(10-4-1)26-18-27(22-11-5-2-6-12-22)20-28(19-26)25-16-15-23-13-7-8-14-24(23)17-25/h1-5,7-20H. The predicted octanol–water partition coefficient (Wildman–Crippen LogP) is 7.64. The minimum absolute atomic E-state index is 1.18. The average Bonchev–Trinajstić information content (AvgIpc) is 2.79. The maximum absolute atomic E-state index is 3.20. The number of hydrogen-bond donors (Lipinski definition) is 0. The molecular weight excluding hydrogens is 336 g/mol. The van der Waals surface area contributed by atoms with E-state index in [4.69, 9.17) is 0 Å². The Kier molecular flexibility index (Phi) is 4.23. The number of rotatable bonds is 3. The van der Waals surface area contributed by atoms with Crippen molar-refractivity contribution < 1.29 is 0 Å². The fraction of sp³-hybridized carbons (Fsp3) is 0. The third-order valence-electron chi connectivity index (χ3n) is 5.16. The Bertz CT molecular complexity index is 1180. The van der Waals surface area contributed by atoms with Crippen LogP contribution in [0.5, 0.6) is 0 Å². The van der Waals surface area contributed by atoms with E-state index in [1.165, 1.54) is 44.2 Å². The lowest BCUT2D eigenvalue weighted by molar-refractivity contribution is 1.57. The zero-order valence-corrected chi connectivity index (χ0v) is 15.5. The molecular formula is C28H19. The van der Waals surface area contributed by atoms with E-state index < -0.39 is 0 Å². The molecule has 5 rings (SSSR count). The molecule has 0 heterocycles. The maximum Gasteiger partial charge on any atom is -0.0171 e. The van der Waals surface area contributed by atoms with Gasteiger partial charge in [0.05, 0.1) is 0 Å². The van der Waals surface area contributed by atoms with Crippen LogP contribution in [0.4, 0.5) is 0 Å². The molecule has 0 heteroatoms. The summed E-state index contributed by atoms with van der Waals surface area (Å²) in [5.74, 6) is 0. The van der Waals surface area contributed by atoms with E-state index in [2.05, 4.69) is 103 Å². The fourth-order valence-electron chi connectivity index (χ4n) is 3.70. The Balaban J connectivity index is 1.72. The average molecular weight is 355 g/mol. The summed E-state index contributed by atoms with van der Waals surface area (Å²) >= 11 is 0. The van der Waals surface area contributed by atoms with E-state index in [9.17, 15) is 0 Å². The molecule has 0 spiro atoms. The Labute approximate surface area is 165 Å². The highest BCUT2D eigenvalue weighted by molar-refractivity contribution is 5.89. The quantitative estimate of drug-likeness (QED) is 0.312. The lowest BCUT2D eigenvalue weighted by Crippen LogP contribution is -1.86. The van der Waals surface area contributed by atoms with Gasteiger partial charge in [-0.25, -0.2) is 0 Å². The van der Waals surface area contributed by atoms with Gasteiger partial charge in [0.1, 0.15) is 0 Å². The minimum Gasteiger partial charge on any atom is -0.0622 e. The zero-order chi connectivity index (χ0) is 18.8. The van der Waals surface area contributed by atoms with Crippen molar-refractivity contribution in [3.05, 3.63) is 121 Å². The first-order valence-electron chi connectivity index (χ1n) is 9.53. The Hall–Kier alpha value is -3.64. The van der Waals surface area contributed by atoms with Crippen molar-refractivity contribution in [1.29, 1.82) is 0 Å². The summed E-state index contributed by atoms with van der Waals surface area (Å²) in [5.41, 5.74) is 7.31. The molecule has 0 N–H and O–H groups in total.